The molecule has 5 aromatic rings. The highest BCUT2D eigenvalue weighted by atomic mass is 19.1. The number of hydrogen-bond acceptors (Lipinski definition) is 6. The van der Waals surface area contributed by atoms with Gasteiger partial charge in [-0.1, -0.05) is 30.3 Å². The van der Waals surface area contributed by atoms with Crippen molar-refractivity contribution >= 4 is 17.1 Å². The van der Waals surface area contributed by atoms with Gasteiger partial charge in [0.05, 0.1) is 30.7 Å². The highest BCUT2D eigenvalue weighted by molar-refractivity contribution is 5.95. The van der Waals surface area contributed by atoms with Gasteiger partial charge in [-0.05, 0) is 37.3 Å². The lowest BCUT2D eigenvalue weighted by molar-refractivity contribution is -0.143. The van der Waals surface area contributed by atoms with Gasteiger partial charge in [-0.15, -0.1) is 0 Å². The number of fused-ring (bicyclic) bond motifs is 1. The highest BCUT2D eigenvalue weighted by Crippen LogP contribution is 2.36. The number of carbonyl (C=O) groups is 1. The Kier molecular flexibility index (Phi) is 5.86. The number of hydrogen-bond donors (Lipinski definition) is 0. The zero-order valence-corrected chi connectivity index (χ0v) is 18.4. The van der Waals surface area contributed by atoms with Gasteiger partial charge in [0.1, 0.15) is 23.6 Å². The van der Waals surface area contributed by atoms with Crippen LogP contribution in [0.5, 0.6) is 0 Å². The number of esters is 1. The molecule has 2 aromatic carbocycles. The first-order valence-electron chi connectivity index (χ1n) is 10.9. The minimum absolute atomic E-state index is 0.181. The Bertz CT molecular complexity index is 1440. The second kappa shape index (κ2) is 9.27. The van der Waals surface area contributed by atoms with Crippen LogP contribution in [0.15, 0.2) is 77.6 Å². The molecule has 3 aromatic heterocycles. The summed E-state index contributed by atoms with van der Waals surface area (Å²) >= 11 is 0. The van der Waals surface area contributed by atoms with Crippen molar-refractivity contribution in [2.45, 2.75) is 19.9 Å². The first-order valence-corrected chi connectivity index (χ1v) is 10.9. The van der Waals surface area contributed by atoms with E-state index in [1.165, 1.54) is 18.5 Å². The maximum atomic E-state index is 13.6. The second-order valence-corrected chi connectivity index (χ2v) is 7.63. The van der Waals surface area contributed by atoms with E-state index in [9.17, 15) is 9.18 Å². The Labute approximate surface area is 194 Å². The summed E-state index contributed by atoms with van der Waals surface area (Å²) in [5.41, 5.74) is 4.08. The van der Waals surface area contributed by atoms with Gasteiger partial charge in [0.2, 0.25) is 5.71 Å². The van der Waals surface area contributed by atoms with Crippen LogP contribution < -0.4 is 0 Å². The van der Waals surface area contributed by atoms with Crippen LogP contribution in [-0.2, 0) is 16.1 Å². The predicted molar refractivity (Wildman–Crippen MR) is 125 cm³/mol. The molecule has 0 aliphatic carbocycles. The number of halogens is 1. The fourth-order valence-corrected chi connectivity index (χ4v) is 3.78. The molecular weight excluding hydrogens is 435 g/mol. The largest absolute Gasteiger partial charge is 0.466 e. The molecule has 0 radical (unpaired) electrons. The number of nitrogens with zero attached hydrogens (tertiary/aromatic N) is 4. The zero-order valence-electron chi connectivity index (χ0n) is 18.4. The van der Waals surface area contributed by atoms with Crippen LogP contribution >= 0.6 is 0 Å². The normalized spacial score (nSPS) is 11.1. The lowest BCUT2D eigenvalue weighted by Crippen LogP contribution is -2.09. The standard InChI is InChI=1S/C26H21FN4O3/c1-2-33-23(32)12-13-31-15-21(24(30-31)18-8-10-19(27)11-9-18)25-20-14-22(17-6-4-3-5-7-17)34-26(20)29-16-28-25/h3-11,14-16H,2,12-13H2,1H3. The smallest absolute Gasteiger partial charge is 0.307 e. The molecule has 0 saturated heterocycles. The van der Waals surface area contributed by atoms with Crippen molar-refractivity contribution in [3.63, 3.8) is 0 Å². The molecule has 0 amide bonds. The highest BCUT2D eigenvalue weighted by Gasteiger charge is 2.20. The van der Waals surface area contributed by atoms with Crippen LogP contribution in [0.3, 0.4) is 0 Å². The van der Waals surface area contributed by atoms with E-state index in [0.29, 0.717) is 36.0 Å². The Morgan fingerprint density at radius 2 is 1.82 bits per heavy atom. The van der Waals surface area contributed by atoms with E-state index in [0.717, 1.165) is 22.1 Å². The van der Waals surface area contributed by atoms with E-state index < -0.39 is 0 Å². The van der Waals surface area contributed by atoms with Gasteiger partial charge in [0.25, 0.3) is 0 Å². The summed E-state index contributed by atoms with van der Waals surface area (Å²) in [5, 5.41) is 5.42. The number of aryl methyl sites for hydroxylation is 1. The topological polar surface area (TPSA) is 83.0 Å². The zero-order chi connectivity index (χ0) is 23.5. The Hall–Kier alpha value is -4.33. The van der Waals surface area contributed by atoms with E-state index in [1.54, 1.807) is 23.7 Å². The maximum absolute atomic E-state index is 13.6. The van der Waals surface area contributed by atoms with Gasteiger partial charge in [0, 0.05) is 22.9 Å². The van der Waals surface area contributed by atoms with Crippen LogP contribution in [0.2, 0.25) is 0 Å². The molecule has 8 heteroatoms. The third-order valence-corrected chi connectivity index (χ3v) is 5.37. The summed E-state index contributed by atoms with van der Waals surface area (Å²) in [5.74, 6) is 0.0452. The molecular formula is C26H21FN4O3. The quantitative estimate of drug-likeness (QED) is 0.300. The maximum Gasteiger partial charge on any atom is 0.307 e. The first-order chi connectivity index (χ1) is 16.6. The molecule has 5 rings (SSSR count). The summed E-state index contributed by atoms with van der Waals surface area (Å²) in [4.78, 5) is 20.7. The Morgan fingerprint density at radius 3 is 2.59 bits per heavy atom. The van der Waals surface area contributed by atoms with Gasteiger partial charge in [-0.3, -0.25) is 9.48 Å². The van der Waals surface area contributed by atoms with Crippen molar-refractivity contribution in [2.75, 3.05) is 6.61 Å². The molecule has 34 heavy (non-hydrogen) atoms. The monoisotopic (exact) mass is 456 g/mol. The van der Waals surface area contributed by atoms with Gasteiger partial charge in [0.15, 0.2) is 0 Å². The number of furan rings is 1. The predicted octanol–water partition coefficient (Wildman–Crippen LogP) is 5.51. The van der Waals surface area contributed by atoms with Gasteiger partial charge in [-0.25, -0.2) is 14.4 Å². The van der Waals surface area contributed by atoms with E-state index in [1.807, 2.05) is 42.6 Å². The fourth-order valence-electron chi connectivity index (χ4n) is 3.78. The number of carbonyl (C=O) groups excluding carboxylic acids is 1. The summed E-state index contributed by atoms with van der Waals surface area (Å²) in [6, 6.07) is 17.8. The van der Waals surface area contributed by atoms with E-state index in [-0.39, 0.29) is 18.2 Å². The van der Waals surface area contributed by atoms with Crippen LogP contribution in [0.25, 0.3) is 44.9 Å². The van der Waals surface area contributed by atoms with Gasteiger partial charge < -0.3 is 9.15 Å². The number of benzene rings is 2. The minimum Gasteiger partial charge on any atom is -0.466 e. The van der Waals surface area contributed by atoms with Crippen molar-refractivity contribution < 1.29 is 18.3 Å². The van der Waals surface area contributed by atoms with Crippen molar-refractivity contribution in [2.24, 2.45) is 0 Å². The summed E-state index contributed by atoms with van der Waals surface area (Å²) in [6.45, 7) is 2.43. The SMILES string of the molecule is CCOC(=O)CCn1cc(-c2ncnc3oc(-c4ccccc4)cc23)c(-c2ccc(F)cc2)n1. The van der Waals surface area contributed by atoms with Crippen LogP contribution in [0, 0.1) is 5.82 Å². The fraction of sp³-hybridized carbons (Fsp3) is 0.154. The first kappa shape index (κ1) is 21.5. The van der Waals surface area contributed by atoms with Gasteiger partial charge >= 0.3 is 5.97 Å². The minimum atomic E-state index is -0.334. The molecule has 0 aliphatic heterocycles. The van der Waals surface area contributed by atoms with Crippen LogP contribution in [0.1, 0.15) is 13.3 Å². The molecule has 170 valence electrons. The van der Waals surface area contributed by atoms with Crippen molar-refractivity contribution in [1.29, 1.82) is 0 Å². The summed E-state index contributed by atoms with van der Waals surface area (Å²) in [6.07, 6.45) is 3.45. The van der Waals surface area contributed by atoms with E-state index in [2.05, 4.69) is 15.1 Å². The molecule has 7 nitrogen and oxygen atoms in total. The lowest BCUT2D eigenvalue weighted by atomic mass is 10.0. The molecule has 0 unspecified atom stereocenters. The third-order valence-electron chi connectivity index (χ3n) is 5.37. The molecule has 3 heterocycles. The lowest BCUT2D eigenvalue weighted by Gasteiger charge is -2.03. The third kappa shape index (κ3) is 4.30. The average Bonchev–Trinajstić information content (AvgIpc) is 3.49. The molecule has 0 saturated carbocycles. The molecule has 0 fully saturated rings. The second-order valence-electron chi connectivity index (χ2n) is 7.63. The Balaban J connectivity index is 1.61. The van der Waals surface area contributed by atoms with E-state index >= 15 is 0 Å². The number of rotatable bonds is 7. The van der Waals surface area contributed by atoms with Crippen LogP contribution in [0.4, 0.5) is 4.39 Å². The van der Waals surface area contributed by atoms with Crippen molar-refractivity contribution in [1.82, 2.24) is 19.7 Å². The van der Waals surface area contributed by atoms with Crippen molar-refractivity contribution in [3.05, 3.63) is 79.0 Å². The molecule has 0 bridgehead atoms. The Morgan fingerprint density at radius 1 is 1.03 bits per heavy atom. The van der Waals surface area contributed by atoms with E-state index in [4.69, 9.17) is 9.15 Å². The molecule has 0 spiro atoms. The van der Waals surface area contributed by atoms with Crippen molar-refractivity contribution in [3.8, 4) is 33.8 Å². The summed E-state index contributed by atoms with van der Waals surface area (Å²) < 4.78 is 26.3. The van der Waals surface area contributed by atoms with Crippen LogP contribution in [-0.4, -0.2) is 32.3 Å². The summed E-state index contributed by atoms with van der Waals surface area (Å²) in [7, 11) is 0. The number of ether oxygens (including phenoxy) is 1. The number of aromatic nitrogens is 4. The molecule has 0 atom stereocenters. The molecule has 0 aliphatic rings. The average molecular weight is 456 g/mol. The molecule has 0 N–H and O–H groups in total. The van der Waals surface area contributed by atoms with Gasteiger partial charge in [-0.2, -0.15) is 5.10 Å².